The Morgan fingerprint density at radius 2 is 2.10 bits per heavy atom. The van der Waals surface area contributed by atoms with Gasteiger partial charge in [-0.15, -0.1) is 11.3 Å². The lowest BCUT2D eigenvalue weighted by atomic mass is 9.94. The molecule has 2 aliphatic rings. The highest BCUT2D eigenvalue weighted by molar-refractivity contribution is 7.13. The lowest BCUT2D eigenvalue weighted by Crippen LogP contribution is -2.58. The van der Waals surface area contributed by atoms with E-state index in [0.29, 0.717) is 34.2 Å². The van der Waals surface area contributed by atoms with Crippen LogP contribution in [-0.4, -0.2) is 53.0 Å². The number of piperazine rings is 1. The van der Waals surface area contributed by atoms with Crippen molar-refractivity contribution in [3.05, 3.63) is 23.7 Å². The summed E-state index contributed by atoms with van der Waals surface area (Å²) in [7, 11) is 0. The largest absolute Gasteiger partial charge is 0.427 e. The molecule has 0 aliphatic carbocycles. The van der Waals surface area contributed by atoms with Gasteiger partial charge < -0.3 is 24.5 Å². The summed E-state index contributed by atoms with van der Waals surface area (Å²) in [4.78, 5) is 11.0. The van der Waals surface area contributed by atoms with Crippen molar-refractivity contribution in [3.8, 4) is 16.3 Å². The molecule has 2 atom stereocenters. The van der Waals surface area contributed by atoms with Crippen molar-refractivity contribution in [1.82, 2.24) is 15.3 Å². The summed E-state index contributed by atoms with van der Waals surface area (Å²) in [5.41, 5.74) is 1.24. The Morgan fingerprint density at radius 3 is 2.79 bits per heavy atom. The van der Waals surface area contributed by atoms with E-state index < -0.39 is 12.7 Å². The SMILES string of the molecule is OCC(F)(F)Oc1ccc(-c2nccs2)c2nc(N3CC4CCCC(C3)N4)oc12. The van der Waals surface area contributed by atoms with E-state index in [0.717, 1.165) is 25.9 Å². The lowest BCUT2D eigenvalue weighted by molar-refractivity contribution is -0.200. The number of nitrogens with one attached hydrogen (secondary N) is 1. The number of aliphatic hydroxyl groups is 1. The number of hydrogen-bond donors (Lipinski definition) is 2. The standard InChI is InChI=1S/C19H20F2N4O3S/c20-19(21,10-26)28-14-5-4-13(17-22-6-7-29-17)15-16(14)27-18(24-15)25-8-11-2-1-3-12(9-25)23-11/h4-7,11-12,23,26H,1-3,8-10H2. The van der Waals surface area contributed by atoms with Crippen LogP contribution in [0.2, 0.25) is 0 Å². The second-order valence-corrected chi connectivity index (χ2v) is 8.31. The molecule has 4 heterocycles. The minimum absolute atomic E-state index is 0.129. The Hall–Kier alpha value is -2.30. The average Bonchev–Trinajstić information content (AvgIpc) is 3.38. The smallest absolute Gasteiger partial charge is 0.421 e. The van der Waals surface area contributed by atoms with Crippen LogP contribution in [0.4, 0.5) is 14.8 Å². The van der Waals surface area contributed by atoms with E-state index >= 15 is 0 Å². The zero-order chi connectivity index (χ0) is 20.0. The Morgan fingerprint density at radius 1 is 1.31 bits per heavy atom. The normalized spacial score (nSPS) is 22.2. The van der Waals surface area contributed by atoms with Gasteiger partial charge in [0, 0.05) is 42.3 Å². The first-order chi connectivity index (χ1) is 14.0. The maximum Gasteiger partial charge on any atom is 0.421 e. The topological polar surface area (TPSA) is 83.7 Å². The van der Waals surface area contributed by atoms with E-state index in [4.69, 9.17) is 14.3 Å². The number of hydrogen-bond acceptors (Lipinski definition) is 8. The maximum atomic E-state index is 13.7. The summed E-state index contributed by atoms with van der Waals surface area (Å²) in [5, 5.41) is 15.0. The molecule has 2 bridgehead atoms. The molecule has 5 rings (SSSR count). The molecule has 0 spiro atoms. The van der Waals surface area contributed by atoms with Crippen molar-refractivity contribution in [3.63, 3.8) is 0 Å². The van der Waals surface area contributed by atoms with Gasteiger partial charge in [-0.05, 0) is 25.0 Å². The van der Waals surface area contributed by atoms with Gasteiger partial charge in [-0.2, -0.15) is 13.8 Å². The number of aliphatic hydroxyl groups excluding tert-OH is 1. The molecule has 2 aliphatic heterocycles. The summed E-state index contributed by atoms with van der Waals surface area (Å²) in [6.45, 7) is 0.0721. The summed E-state index contributed by atoms with van der Waals surface area (Å²) >= 11 is 1.43. The zero-order valence-electron chi connectivity index (χ0n) is 15.5. The Balaban J connectivity index is 1.58. The fourth-order valence-electron chi connectivity index (χ4n) is 4.07. The number of piperidine rings is 1. The predicted octanol–water partition coefficient (Wildman–Crippen LogP) is 3.25. The van der Waals surface area contributed by atoms with E-state index in [1.807, 2.05) is 5.38 Å². The van der Waals surface area contributed by atoms with Gasteiger partial charge in [-0.25, -0.2) is 4.98 Å². The molecule has 10 heteroatoms. The molecule has 2 aromatic heterocycles. The number of oxazole rings is 1. The maximum absolute atomic E-state index is 13.7. The van der Waals surface area contributed by atoms with Crippen LogP contribution in [0.25, 0.3) is 21.7 Å². The van der Waals surface area contributed by atoms with Crippen LogP contribution in [0.3, 0.4) is 0 Å². The fraction of sp³-hybridized carbons (Fsp3) is 0.474. The second kappa shape index (κ2) is 7.19. The zero-order valence-corrected chi connectivity index (χ0v) is 16.3. The first-order valence-corrected chi connectivity index (χ1v) is 10.4. The van der Waals surface area contributed by atoms with Crippen LogP contribution in [-0.2, 0) is 0 Å². The molecule has 0 saturated carbocycles. The number of aromatic nitrogens is 2. The van der Waals surface area contributed by atoms with E-state index in [2.05, 4.69) is 20.2 Å². The molecular formula is C19H20F2N4O3S. The number of benzene rings is 1. The number of rotatable bonds is 5. The number of nitrogens with zero attached hydrogens (tertiary/aromatic N) is 3. The number of ether oxygens (including phenoxy) is 1. The van der Waals surface area contributed by atoms with Gasteiger partial charge in [0.25, 0.3) is 6.01 Å². The number of fused-ring (bicyclic) bond motifs is 3. The van der Waals surface area contributed by atoms with Crippen molar-refractivity contribution < 1.29 is 23.0 Å². The highest BCUT2D eigenvalue weighted by atomic mass is 32.1. The quantitative estimate of drug-likeness (QED) is 0.653. The Kier molecular flexibility index (Phi) is 4.64. The molecule has 0 amide bonds. The second-order valence-electron chi connectivity index (χ2n) is 7.42. The predicted molar refractivity (Wildman–Crippen MR) is 105 cm³/mol. The number of anilines is 1. The fourth-order valence-corrected chi connectivity index (χ4v) is 4.74. The Bertz CT molecular complexity index is 998. The van der Waals surface area contributed by atoms with Gasteiger partial charge >= 0.3 is 6.11 Å². The molecule has 2 saturated heterocycles. The summed E-state index contributed by atoms with van der Waals surface area (Å²) in [6, 6.07) is 4.17. The molecule has 0 radical (unpaired) electrons. The molecule has 2 unspecified atom stereocenters. The molecule has 154 valence electrons. The van der Waals surface area contributed by atoms with Gasteiger partial charge in [-0.1, -0.05) is 6.42 Å². The van der Waals surface area contributed by atoms with Gasteiger partial charge in [-0.3, -0.25) is 0 Å². The van der Waals surface area contributed by atoms with E-state index in [9.17, 15) is 8.78 Å². The van der Waals surface area contributed by atoms with Crippen LogP contribution in [0.15, 0.2) is 28.1 Å². The molecule has 2 N–H and O–H groups in total. The van der Waals surface area contributed by atoms with Crippen molar-refractivity contribution in [1.29, 1.82) is 0 Å². The monoisotopic (exact) mass is 422 g/mol. The summed E-state index contributed by atoms with van der Waals surface area (Å²) < 4.78 is 38.1. The van der Waals surface area contributed by atoms with Gasteiger partial charge in [0.15, 0.2) is 11.3 Å². The third kappa shape index (κ3) is 3.56. The van der Waals surface area contributed by atoms with E-state index in [1.165, 1.54) is 23.8 Å². The molecule has 7 nitrogen and oxygen atoms in total. The Labute approximate surface area is 169 Å². The minimum atomic E-state index is -3.71. The molecule has 1 aromatic carbocycles. The third-order valence-electron chi connectivity index (χ3n) is 5.33. The van der Waals surface area contributed by atoms with Crippen LogP contribution >= 0.6 is 11.3 Å². The molecule has 29 heavy (non-hydrogen) atoms. The van der Waals surface area contributed by atoms with Gasteiger partial charge in [0.1, 0.15) is 17.1 Å². The van der Waals surface area contributed by atoms with Crippen LogP contribution in [0.5, 0.6) is 5.75 Å². The third-order valence-corrected chi connectivity index (χ3v) is 6.14. The van der Waals surface area contributed by atoms with E-state index in [1.54, 1.807) is 12.3 Å². The van der Waals surface area contributed by atoms with Gasteiger partial charge in [0.05, 0.1) is 0 Å². The van der Waals surface area contributed by atoms with Crippen molar-refractivity contribution in [2.45, 2.75) is 37.5 Å². The lowest BCUT2D eigenvalue weighted by Gasteiger charge is -2.41. The van der Waals surface area contributed by atoms with Crippen molar-refractivity contribution in [2.24, 2.45) is 0 Å². The summed E-state index contributed by atoms with van der Waals surface area (Å²) in [5.74, 6) is -0.159. The highest BCUT2D eigenvalue weighted by Gasteiger charge is 2.35. The first kappa shape index (κ1) is 18.7. The molecule has 3 aromatic rings. The van der Waals surface area contributed by atoms with Crippen molar-refractivity contribution >= 4 is 28.5 Å². The minimum Gasteiger partial charge on any atom is -0.427 e. The molecular weight excluding hydrogens is 402 g/mol. The van der Waals surface area contributed by atoms with E-state index in [-0.39, 0.29) is 11.3 Å². The number of thiazole rings is 1. The first-order valence-electron chi connectivity index (χ1n) is 9.54. The number of alkyl halides is 2. The van der Waals surface area contributed by atoms with Crippen LogP contribution in [0, 0.1) is 0 Å². The van der Waals surface area contributed by atoms with Crippen molar-refractivity contribution in [2.75, 3.05) is 24.6 Å². The highest BCUT2D eigenvalue weighted by Crippen LogP contribution is 2.39. The molecule has 2 fully saturated rings. The van der Waals surface area contributed by atoms with Crippen LogP contribution in [0.1, 0.15) is 19.3 Å². The summed E-state index contributed by atoms with van der Waals surface area (Å²) in [6.07, 6.45) is 1.35. The van der Waals surface area contributed by atoms with Crippen LogP contribution < -0.4 is 15.0 Å². The number of halogens is 2. The van der Waals surface area contributed by atoms with Gasteiger partial charge in [0.2, 0.25) is 0 Å². The average molecular weight is 422 g/mol.